The Bertz CT molecular complexity index is 1410. The molecule has 0 saturated heterocycles. The first-order valence-electron chi connectivity index (χ1n) is 13.4. The van der Waals surface area contributed by atoms with E-state index in [2.05, 4.69) is 36.3 Å². The average Bonchev–Trinajstić information content (AvgIpc) is 3.24. The molecular weight excluding hydrogens is 563 g/mol. The van der Waals surface area contributed by atoms with E-state index in [1.165, 1.54) is 6.07 Å². The zero-order valence-corrected chi connectivity index (χ0v) is 24.3. The number of halogens is 4. The molecule has 2 aliphatic rings. The number of fused-ring (bicyclic) bond motifs is 1. The molecule has 0 spiro atoms. The van der Waals surface area contributed by atoms with Crippen molar-refractivity contribution in [1.82, 2.24) is 9.88 Å². The van der Waals surface area contributed by atoms with Crippen LogP contribution in [0.3, 0.4) is 0 Å². The molecule has 2 heterocycles. The lowest BCUT2D eigenvalue weighted by atomic mass is 9.73. The Balaban J connectivity index is 1.50. The number of rotatable bonds is 7. The molecule has 0 aliphatic heterocycles. The molecule has 2 aliphatic carbocycles. The largest absolute Gasteiger partial charge is 0.359 e. The van der Waals surface area contributed by atoms with Crippen molar-refractivity contribution >= 4 is 40.4 Å². The molecular formula is C29H33ClF3N3O3S. The van der Waals surface area contributed by atoms with E-state index < -0.39 is 30.3 Å². The molecule has 4 unspecified atom stereocenters. The zero-order chi connectivity index (χ0) is 29.2. The minimum absolute atomic E-state index is 0.00791. The van der Waals surface area contributed by atoms with Gasteiger partial charge in [0.2, 0.25) is 5.91 Å². The third-order valence-corrected chi connectivity index (χ3v) is 9.79. The maximum absolute atomic E-state index is 14.0. The van der Waals surface area contributed by atoms with Crippen molar-refractivity contribution < 1.29 is 22.8 Å². The Hall–Kier alpha value is -2.77. The van der Waals surface area contributed by atoms with Gasteiger partial charge in [0.1, 0.15) is 4.34 Å². The Morgan fingerprint density at radius 2 is 2.08 bits per heavy atom. The van der Waals surface area contributed by atoms with Crippen molar-refractivity contribution in [1.29, 1.82) is 0 Å². The predicted octanol–water partition coefficient (Wildman–Crippen LogP) is 6.32. The molecule has 40 heavy (non-hydrogen) atoms. The first-order chi connectivity index (χ1) is 18.9. The molecule has 4 atom stereocenters. The number of nitrogens with one attached hydrogen (secondary N) is 2. The molecule has 216 valence electrons. The molecule has 0 bridgehead atoms. The summed E-state index contributed by atoms with van der Waals surface area (Å²) in [4.78, 5) is 37.5. The van der Waals surface area contributed by atoms with E-state index in [0.29, 0.717) is 20.9 Å². The van der Waals surface area contributed by atoms with Crippen molar-refractivity contribution in [3.8, 4) is 11.8 Å². The first-order valence-corrected chi connectivity index (χ1v) is 14.6. The van der Waals surface area contributed by atoms with E-state index in [0.717, 1.165) is 62.1 Å². The van der Waals surface area contributed by atoms with Crippen LogP contribution < -0.4 is 16.2 Å². The van der Waals surface area contributed by atoms with Crippen LogP contribution in [0.25, 0.3) is 0 Å². The number of thiophene rings is 1. The molecule has 11 heteroatoms. The second-order valence-electron chi connectivity index (χ2n) is 11.2. The normalized spacial score (nSPS) is 25.7. The number of nitrogens with zero attached hydrogens (tertiary/aromatic N) is 1. The van der Waals surface area contributed by atoms with Crippen LogP contribution >= 0.6 is 22.9 Å². The molecule has 2 saturated carbocycles. The standard InChI is InChI=1S/C29H33ClF3N3O3S/c1-4-8-29-13-19(25(37)34-3)10-17(7-9-28(29,2)16-29)5-6-18-11-22(40-24(18)30)26(38)35-20-12-21(31)27(39)36(14-20)15-23(32)33/h11-12,14,17,19,23H,4,7-10,13,15-16H2,1-3H3,(H,34,37)(H,35,38). The molecule has 0 aromatic carbocycles. The summed E-state index contributed by atoms with van der Waals surface area (Å²) in [6.45, 7) is 3.52. The Kier molecular flexibility index (Phi) is 9.05. The van der Waals surface area contributed by atoms with Crippen LogP contribution in [0.2, 0.25) is 4.34 Å². The quantitative estimate of drug-likeness (QED) is 0.368. The summed E-state index contributed by atoms with van der Waals surface area (Å²) in [5.74, 6) is 4.42. The lowest BCUT2D eigenvalue weighted by Crippen LogP contribution is -2.33. The summed E-state index contributed by atoms with van der Waals surface area (Å²) in [7, 11) is 1.67. The molecule has 2 aromatic heterocycles. The number of anilines is 1. The van der Waals surface area contributed by atoms with Crippen LogP contribution in [-0.4, -0.2) is 29.9 Å². The fourth-order valence-corrected chi connectivity index (χ4v) is 7.36. The van der Waals surface area contributed by atoms with Gasteiger partial charge in [-0.1, -0.05) is 43.7 Å². The van der Waals surface area contributed by atoms with Crippen LogP contribution in [0.4, 0.5) is 18.9 Å². The molecule has 2 N–H and O–H groups in total. The summed E-state index contributed by atoms with van der Waals surface area (Å²) in [6.07, 6.45) is 4.91. The summed E-state index contributed by atoms with van der Waals surface area (Å²) in [5, 5.41) is 5.25. The number of alkyl halides is 2. The van der Waals surface area contributed by atoms with Gasteiger partial charge in [0.25, 0.3) is 17.9 Å². The highest BCUT2D eigenvalue weighted by atomic mass is 35.5. The number of carbonyl (C=O) groups is 2. The Morgan fingerprint density at radius 3 is 2.75 bits per heavy atom. The number of hydrogen-bond acceptors (Lipinski definition) is 4. The molecule has 2 aromatic rings. The average molecular weight is 596 g/mol. The van der Waals surface area contributed by atoms with Crippen LogP contribution in [0.15, 0.2) is 23.1 Å². The Morgan fingerprint density at radius 1 is 1.32 bits per heavy atom. The fraction of sp³-hybridized carbons (Fsp3) is 0.552. The highest BCUT2D eigenvalue weighted by Gasteiger charge is 2.63. The lowest BCUT2D eigenvalue weighted by Gasteiger charge is -2.31. The van der Waals surface area contributed by atoms with Gasteiger partial charge in [0.15, 0.2) is 5.82 Å². The zero-order valence-electron chi connectivity index (χ0n) is 22.7. The summed E-state index contributed by atoms with van der Waals surface area (Å²) in [5.41, 5.74) is -0.427. The summed E-state index contributed by atoms with van der Waals surface area (Å²) >= 11 is 7.37. The van der Waals surface area contributed by atoms with Crippen molar-refractivity contribution in [3.63, 3.8) is 0 Å². The first kappa shape index (κ1) is 30.2. The van der Waals surface area contributed by atoms with Crippen molar-refractivity contribution in [2.24, 2.45) is 22.7 Å². The van der Waals surface area contributed by atoms with Gasteiger partial charge in [-0.25, -0.2) is 13.2 Å². The second-order valence-corrected chi connectivity index (χ2v) is 12.9. The van der Waals surface area contributed by atoms with Crippen molar-refractivity contribution in [3.05, 3.63) is 49.3 Å². The van der Waals surface area contributed by atoms with E-state index in [1.807, 2.05) is 0 Å². The molecule has 6 nitrogen and oxygen atoms in total. The molecule has 4 rings (SSSR count). The third kappa shape index (κ3) is 6.41. The number of pyridine rings is 1. The summed E-state index contributed by atoms with van der Waals surface area (Å²) < 4.78 is 40.3. The SMILES string of the molecule is CCCC12CC(C(=O)NC)CC(C#Cc3cc(C(=O)Nc4cc(F)c(=O)n(CC(F)F)c4)sc3Cl)CCC1(C)C2. The smallest absolute Gasteiger partial charge is 0.286 e. The van der Waals surface area contributed by atoms with Crippen LogP contribution in [0.5, 0.6) is 0 Å². The van der Waals surface area contributed by atoms with Gasteiger partial charge in [-0.05, 0) is 55.4 Å². The van der Waals surface area contributed by atoms with Gasteiger partial charge in [-0.3, -0.25) is 14.4 Å². The third-order valence-electron chi connectivity index (χ3n) is 8.44. The van der Waals surface area contributed by atoms with Crippen molar-refractivity contribution in [2.45, 2.75) is 71.8 Å². The van der Waals surface area contributed by atoms with Crippen LogP contribution in [-0.2, 0) is 11.3 Å². The van der Waals surface area contributed by atoms with E-state index in [9.17, 15) is 27.6 Å². The van der Waals surface area contributed by atoms with Gasteiger partial charge in [0, 0.05) is 31.1 Å². The minimum atomic E-state index is -2.87. The lowest BCUT2D eigenvalue weighted by molar-refractivity contribution is -0.126. The van der Waals surface area contributed by atoms with Crippen LogP contribution in [0.1, 0.15) is 74.0 Å². The number of carbonyl (C=O) groups excluding carboxylic acids is 2. The van der Waals surface area contributed by atoms with Gasteiger partial charge in [0.05, 0.1) is 22.7 Å². The molecule has 2 fully saturated rings. The summed E-state index contributed by atoms with van der Waals surface area (Å²) in [6, 6.07) is 2.31. The van der Waals surface area contributed by atoms with E-state index >= 15 is 0 Å². The maximum Gasteiger partial charge on any atom is 0.286 e. The predicted molar refractivity (Wildman–Crippen MR) is 150 cm³/mol. The fourth-order valence-electron chi connectivity index (χ4n) is 6.28. The van der Waals surface area contributed by atoms with Gasteiger partial charge in [-0.2, -0.15) is 0 Å². The maximum atomic E-state index is 14.0. The number of hydrogen-bond donors (Lipinski definition) is 2. The topological polar surface area (TPSA) is 80.2 Å². The van der Waals surface area contributed by atoms with Gasteiger partial charge in [-0.15, -0.1) is 11.3 Å². The Labute approximate surface area is 240 Å². The molecule has 2 amide bonds. The number of aromatic nitrogens is 1. The number of amides is 2. The highest BCUT2D eigenvalue weighted by Crippen LogP contribution is 2.72. The van der Waals surface area contributed by atoms with Gasteiger partial charge >= 0.3 is 0 Å². The van der Waals surface area contributed by atoms with E-state index in [4.69, 9.17) is 11.6 Å². The van der Waals surface area contributed by atoms with E-state index in [1.54, 1.807) is 7.05 Å². The van der Waals surface area contributed by atoms with Gasteiger partial charge < -0.3 is 15.2 Å². The monoisotopic (exact) mass is 595 g/mol. The van der Waals surface area contributed by atoms with Crippen LogP contribution in [0, 0.1) is 40.3 Å². The van der Waals surface area contributed by atoms with E-state index in [-0.39, 0.29) is 39.1 Å². The minimum Gasteiger partial charge on any atom is -0.359 e. The highest BCUT2D eigenvalue weighted by molar-refractivity contribution is 7.18. The van der Waals surface area contributed by atoms with Crippen molar-refractivity contribution in [2.75, 3.05) is 12.4 Å². The second kappa shape index (κ2) is 12.0. The molecule has 0 radical (unpaired) electrons.